The first-order valence-corrected chi connectivity index (χ1v) is 13.2. The Balaban J connectivity index is 1.31. The largest absolute Gasteiger partial charge is 0.493 e. The second kappa shape index (κ2) is 11.1. The van der Waals surface area contributed by atoms with Gasteiger partial charge < -0.3 is 28.7 Å². The summed E-state index contributed by atoms with van der Waals surface area (Å²) in [5.41, 5.74) is 1.54. The van der Waals surface area contributed by atoms with Gasteiger partial charge in [-0.15, -0.1) is 11.3 Å². The highest BCUT2D eigenvalue weighted by Gasteiger charge is 2.35. The molecule has 2 heterocycles. The molecule has 0 atom stereocenters. The van der Waals surface area contributed by atoms with Crippen molar-refractivity contribution in [1.82, 2.24) is 9.80 Å². The van der Waals surface area contributed by atoms with E-state index in [0.29, 0.717) is 48.1 Å². The molecule has 1 aromatic heterocycles. The molecule has 0 unspecified atom stereocenters. The Morgan fingerprint density at radius 2 is 1.81 bits per heavy atom. The third kappa shape index (κ3) is 5.83. The van der Waals surface area contributed by atoms with Crippen molar-refractivity contribution in [1.29, 1.82) is 0 Å². The van der Waals surface area contributed by atoms with Crippen LogP contribution in [-0.4, -0.2) is 61.8 Å². The van der Waals surface area contributed by atoms with Crippen LogP contribution in [0.5, 0.6) is 23.0 Å². The number of benzene rings is 2. The molecule has 1 fully saturated rings. The standard InChI is InChI=1S/C28H30N2O6S/c1-33-23-9-5-19(14-25(23)34-2)11-12-29(16-22-4-3-13-37-22)27(31)17-30(21-7-8-21)28(32)20-6-10-24-26(15-20)36-18-35-24/h3-6,9-10,13-15,21H,7-8,11-12,16-18H2,1-2H3. The van der Waals surface area contributed by atoms with Gasteiger partial charge in [0, 0.05) is 23.0 Å². The molecule has 0 spiro atoms. The van der Waals surface area contributed by atoms with Crippen LogP contribution in [0.25, 0.3) is 0 Å². The summed E-state index contributed by atoms with van der Waals surface area (Å²) in [7, 11) is 3.22. The second-order valence-corrected chi connectivity index (χ2v) is 10.1. The summed E-state index contributed by atoms with van der Waals surface area (Å²) in [6, 6.07) is 15.1. The lowest BCUT2D eigenvalue weighted by Crippen LogP contribution is -2.44. The zero-order valence-electron chi connectivity index (χ0n) is 21.0. The van der Waals surface area contributed by atoms with Gasteiger partial charge in [-0.1, -0.05) is 12.1 Å². The topological polar surface area (TPSA) is 77.5 Å². The lowest BCUT2D eigenvalue weighted by atomic mass is 10.1. The Labute approximate surface area is 220 Å². The van der Waals surface area contributed by atoms with Gasteiger partial charge in [0.2, 0.25) is 12.7 Å². The van der Waals surface area contributed by atoms with Gasteiger partial charge in [0.05, 0.1) is 20.8 Å². The van der Waals surface area contributed by atoms with Crippen LogP contribution in [0.4, 0.5) is 0 Å². The third-order valence-corrected chi connectivity index (χ3v) is 7.43. The summed E-state index contributed by atoms with van der Waals surface area (Å²) in [6.45, 7) is 1.20. The number of carbonyl (C=O) groups excluding carboxylic acids is 2. The number of amides is 2. The number of carbonyl (C=O) groups is 2. The summed E-state index contributed by atoms with van der Waals surface area (Å²) in [5, 5.41) is 2.01. The predicted molar refractivity (Wildman–Crippen MR) is 140 cm³/mol. The number of thiophene rings is 1. The molecule has 2 aromatic carbocycles. The number of nitrogens with zero attached hydrogens (tertiary/aromatic N) is 2. The molecule has 194 valence electrons. The smallest absolute Gasteiger partial charge is 0.254 e. The van der Waals surface area contributed by atoms with Crippen molar-refractivity contribution < 1.29 is 28.5 Å². The Morgan fingerprint density at radius 1 is 1.00 bits per heavy atom. The molecular weight excluding hydrogens is 492 g/mol. The van der Waals surface area contributed by atoms with Gasteiger partial charge in [-0.3, -0.25) is 9.59 Å². The zero-order valence-corrected chi connectivity index (χ0v) is 21.8. The van der Waals surface area contributed by atoms with E-state index < -0.39 is 0 Å². The average Bonchev–Trinajstić information content (AvgIpc) is 3.42. The van der Waals surface area contributed by atoms with Crippen molar-refractivity contribution in [3.8, 4) is 23.0 Å². The Bertz CT molecular complexity index is 1260. The van der Waals surface area contributed by atoms with E-state index in [1.807, 2.05) is 40.6 Å². The molecule has 0 N–H and O–H groups in total. The van der Waals surface area contributed by atoms with Gasteiger partial charge in [-0.25, -0.2) is 0 Å². The molecule has 9 heteroatoms. The molecular formula is C28H30N2O6S. The van der Waals surface area contributed by atoms with E-state index >= 15 is 0 Å². The minimum absolute atomic E-state index is 0.0370. The number of hydrogen-bond donors (Lipinski definition) is 0. The Kier molecular flexibility index (Phi) is 7.50. The van der Waals surface area contributed by atoms with Crippen molar-refractivity contribution >= 4 is 23.2 Å². The van der Waals surface area contributed by atoms with Crippen LogP contribution in [0.1, 0.15) is 33.6 Å². The lowest BCUT2D eigenvalue weighted by Gasteiger charge is -2.28. The van der Waals surface area contributed by atoms with E-state index in [0.717, 1.165) is 23.3 Å². The fourth-order valence-electron chi connectivity index (χ4n) is 4.38. The quantitative estimate of drug-likeness (QED) is 0.372. The SMILES string of the molecule is COc1ccc(CCN(Cc2cccs2)C(=O)CN(C(=O)c2ccc3c(c2)OCO3)C2CC2)cc1OC. The van der Waals surface area contributed by atoms with Crippen molar-refractivity contribution in [2.24, 2.45) is 0 Å². The number of fused-ring (bicyclic) bond motifs is 1. The highest BCUT2D eigenvalue weighted by atomic mass is 32.1. The van der Waals surface area contributed by atoms with Crippen molar-refractivity contribution in [3.63, 3.8) is 0 Å². The van der Waals surface area contributed by atoms with Crippen molar-refractivity contribution in [2.45, 2.75) is 31.8 Å². The third-order valence-electron chi connectivity index (χ3n) is 6.57. The molecule has 1 aliphatic heterocycles. The van der Waals surface area contributed by atoms with Crippen molar-refractivity contribution in [3.05, 3.63) is 69.9 Å². The molecule has 8 nitrogen and oxygen atoms in total. The maximum Gasteiger partial charge on any atom is 0.254 e. The minimum Gasteiger partial charge on any atom is -0.493 e. The van der Waals surface area contributed by atoms with E-state index in [1.165, 1.54) is 0 Å². The monoisotopic (exact) mass is 522 g/mol. The fourth-order valence-corrected chi connectivity index (χ4v) is 5.10. The molecule has 0 radical (unpaired) electrons. The van der Waals surface area contributed by atoms with Gasteiger partial charge in [-0.05, 0) is 66.6 Å². The van der Waals surface area contributed by atoms with E-state index in [2.05, 4.69) is 0 Å². The summed E-state index contributed by atoms with van der Waals surface area (Å²) < 4.78 is 21.6. The molecule has 1 saturated carbocycles. The van der Waals surface area contributed by atoms with Gasteiger partial charge in [0.25, 0.3) is 5.91 Å². The number of rotatable bonds is 11. The zero-order chi connectivity index (χ0) is 25.8. The summed E-state index contributed by atoms with van der Waals surface area (Å²) in [5.74, 6) is 2.27. The van der Waals surface area contributed by atoms with Crippen LogP contribution in [0.15, 0.2) is 53.9 Å². The van der Waals surface area contributed by atoms with E-state index in [-0.39, 0.29) is 31.2 Å². The van der Waals surface area contributed by atoms with E-state index in [4.69, 9.17) is 18.9 Å². The molecule has 1 aliphatic carbocycles. The summed E-state index contributed by atoms with van der Waals surface area (Å²) in [6.07, 6.45) is 2.46. The summed E-state index contributed by atoms with van der Waals surface area (Å²) in [4.78, 5) is 31.7. The predicted octanol–water partition coefficient (Wildman–Crippen LogP) is 4.37. The summed E-state index contributed by atoms with van der Waals surface area (Å²) >= 11 is 1.62. The molecule has 0 saturated heterocycles. The highest BCUT2D eigenvalue weighted by Crippen LogP contribution is 2.34. The highest BCUT2D eigenvalue weighted by molar-refractivity contribution is 7.09. The van der Waals surface area contributed by atoms with Crippen LogP contribution in [0, 0.1) is 0 Å². The van der Waals surface area contributed by atoms with Crippen LogP contribution < -0.4 is 18.9 Å². The van der Waals surface area contributed by atoms with Gasteiger partial charge in [0.1, 0.15) is 6.54 Å². The maximum absolute atomic E-state index is 13.6. The molecule has 2 amide bonds. The van der Waals surface area contributed by atoms with Crippen LogP contribution in [0.2, 0.25) is 0 Å². The van der Waals surface area contributed by atoms with Crippen LogP contribution in [-0.2, 0) is 17.8 Å². The molecule has 3 aromatic rings. The minimum atomic E-state index is -0.162. The Morgan fingerprint density at radius 3 is 2.54 bits per heavy atom. The van der Waals surface area contributed by atoms with Gasteiger partial charge in [0.15, 0.2) is 23.0 Å². The first-order chi connectivity index (χ1) is 18.1. The van der Waals surface area contributed by atoms with Crippen LogP contribution in [0.3, 0.4) is 0 Å². The maximum atomic E-state index is 13.6. The fraction of sp³-hybridized carbons (Fsp3) is 0.357. The Hall–Kier alpha value is -3.72. The van der Waals surface area contributed by atoms with Crippen molar-refractivity contribution in [2.75, 3.05) is 34.1 Å². The lowest BCUT2D eigenvalue weighted by molar-refractivity contribution is -0.132. The van der Waals surface area contributed by atoms with E-state index in [1.54, 1.807) is 48.7 Å². The normalized spacial score (nSPS) is 13.8. The second-order valence-electron chi connectivity index (χ2n) is 9.07. The van der Waals surface area contributed by atoms with Gasteiger partial charge in [-0.2, -0.15) is 0 Å². The van der Waals surface area contributed by atoms with E-state index in [9.17, 15) is 9.59 Å². The average molecular weight is 523 g/mol. The first-order valence-electron chi connectivity index (χ1n) is 12.3. The number of ether oxygens (including phenoxy) is 4. The molecule has 37 heavy (non-hydrogen) atoms. The molecule has 5 rings (SSSR count). The molecule has 0 bridgehead atoms. The number of methoxy groups -OCH3 is 2. The first kappa shape index (κ1) is 25.0. The number of hydrogen-bond acceptors (Lipinski definition) is 7. The van der Waals surface area contributed by atoms with Gasteiger partial charge >= 0.3 is 0 Å². The molecule has 2 aliphatic rings. The van der Waals surface area contributed by atoms with Crippen LogP contribution >= 0.6 is 11.3 Å².